The van der Waals surface area contributed by atoms with Crippen LogP contribution in [0.15, 0.2) is 42.7 Å². The fourth-order valence-corrected chi connectivity index (χ4v) is 4.76. The third kappa shape index (κ3) is 4.50. The van der Waals surface area contributed by atoms with Crippen LogP contribution in [-0.2, 0) is 28.2 Å². The molecule has 3 rings (SSSR count). The van der Waals surface area contributed by atoms with Gasteiger partial charge in [-0.15, -0.1) is 0 Å². The Labute approximate surface area is 154 Å². The van der Waals surface area contributed by atoms with Crippen molar-refractivity contribution in [2.45, 2.75) is 12.6 Å². The zero-order valence-corrected chi connectivity index (χ0v) is 15.9. The number of carbonyl (C=O) groups is 1. The molecule has 0 radical (unpaired) electrons. The van der Waals surface area contributed by atoms with Crippen molar-refractivity contribution in [3.05, 3.63) is 53.9 Å². The number of sulfone groups is 1. The van der Waals surface area contributed by atoms with Gasteiger partial charge in [0.25, 0.3) is 0 Å². The van der Waals surface area contributed by atoms with E-state index in [1.54, 1.807) is 29.0 Å². The van der Waals surface area contributed by atoms with E-state index < -0.39 is 15.9 Å². The van der Waals surface area contributed by atoms with Gasteiger partial charge in [0.2, 0.25) is 5.91 Å². The molecule has 1 aliphatic heterocycles. The summed E-state index contributed by atoms with van der Waals surface area (Å²) in [5, 5.41) is 4.12. The highest BCUT2D eigenvalue weighted by molar-refractivity contribution is 7.91. The number of benzene rings is 1. The molecule has 140 valence electrons. The number of carbonyl (C=O) groups excluding carboxylic acids is 1. The zero-order chi connectivity index (χ0) is 18.7. The molecule has 1 aliphatic rings. The number of nitrogens with zero attached hydrogens (tertiary/aromatic N) is 4. The molecule has 1 atom stereocenters. The van der Waals surface area contributed by atoms with E-state index in [-0.39, 0.29) is 30.5 Å². The van der Waals surface area contributed by atoms with Crippen molar-refractivity contribution in [1.82, 2.24) is 19.6 Å². The molecule has 0 saturated carbocycles. The van der Waals surface area contributed by atoms with Crippen LogP contribution in [0.2, 0.25) is 0 Å². The molecule has 26 heavy (non-hydrogen) atoms. The second-order valence-electron chi connectivity index (χ2n) is 6.82. The molecule has 0 spiro atoms. The molecular weight excluding hydrogens is 352 g/mol. The zero-order valence-electron chi connectivity index (χ0n) is 15.1. The highest BCUT2D eigenvalue weighted by atomic mass is 32.2. The van der Waals surface area contributed by atoms with Crippen LogP contribution in [0.25, 0.3) is 0 Å². The Morgan fingerprint density at radius 1 is 1.31 bits per heavy atom. The maximum Gasteiger partial charge on any atom is 0.237 e. The normalized spacial score (nSPS) is 19.7. The average Bonchev–Trinajstić information content (AvgIpc) is 3.01. The van der Waals surface area contributed by atoms with E-state index in [0.717, 1.165) is 11.1 Å². The van der Waals surface area contributed by atoms with Gasteiger partial charge in [0, 0.05) is 31.9 Å². The lowest BCUT2D eigenvalue weighted by molar-refractivity contribution is -0.134. The lowest BCUT2D eigenvalue weighted by Gasteiger charge is -2.36. The summed E-state index contributed by atoms with van der Waals surface area (Å²) in [6, 6.07) is 9.47. The summed E-state index contributed by atoms with van der Waals surface area (Å²) in [6.45, 7) is 1.13. The predicted octanol–water partition coefficient (Wildman–Crippen LogP) is 0.850. The Morgan fingerprint density at radius 2 is 2.04 bits per heavy atom. The molecule has 7 nitrogen and oxygen atoms in total. The Hall–Kier alpha value is -2.19. The van der Waals surface area contributed by atoms with Crippen LogP contribution in [0.4, 0.5) is 0 Å². The molecular formula is C18H24N4O3S. The van der Waals surface area contributed by atoms with E-state index in [4.69, 9.17) is 0 Å². The summed E-state index contributed by atoms with van der Waals surface area (Å²) in [6.07, 6.45) is 3.42. The van der Waals surface area contributed by atoms with Gasteiger partial charge in [-0.2, -0.15) is 5.10 Å². The minimum absolute atomic E-state index is 0.0118. The Balaban J connectivity index is 1.71. The van der Waals surface area contributed by atoms with Gasteiger partial charge in [-0.05, 0) is 12.6 Å². The maximum absolute atomic E-state index is 12.9. The number of amides is 1. The highest BCUT2D eigenvalue weighted by Crippen LogP contribution is 2.26. The first-order valence-electron chi connectivity index (χ1n) is 8.55. The van der Waals surface area contributed by atoms with Crippen LogP contribution in [0.3, 0.4) is 0 Å². The minimum Gasteiger partial charge on any atom is -0.332 e. The predicted molar refractivity (Wildman–Crippen MR) is 99.1 cm³/mol. The van der Waals surface area contributed by atoms with Crippen LogP contribution in [0.5, 0.6) is 0 Å². The second kappa shape index (κ2) is 7.59. The quantitative estimate of drug-likeness (QED) is 0.773. The summed E-state index contributed by atoms with van der Waals surface area (Å²) >= 11 is 0. The van der Waals surface area contributed by atoms with Crippen molar-refractivity contribution in [2.24, 2.45) is 7.05 Å². The lowest BCUT2D eigenvalue weighted by Crippen LogP contribution is -2.48. The van der Waals surface area contributed by atoms with Crippen molar-refractivity contribution in [2.75, 3.05) is 31.6 Å². The summed E-state index contributed by atoms with van der Waals surface area (Å²) < 4.78 is 25.8. The number of aryl methyl sites for hydroxylation is 1. The monoisotopic (exact) mass is 376 g/mol. The van der Waals surface area contributed by atoms with Crippen molar-refractivity contribution in [3.63, 3.8) is 0 Å². The van der Waals surface area contributed by atoms with Gasteiger partial charge < -0.3 is 4.90 Å². The van der Waals surface area contributed by atoms with Gasteiger partial charge in [0.15, 0.2) is 9.84 Å². The van der Waals surface area contributed by atoms with Crippen molar-refractivity contribution in [1.29, 1.82) is 0 Å². The third-order valence-electron chi connectivity index (χ3n) is 4.56. The SMILES string of the molecule is CN(CC(=O)N1CCS(=O)(=O)C[C@H]1c1cnn(C)c1)Cc1ccccc1. The Kier molecular flexibility index (Phi) is 5.43. The smallest absolute Gasteiger partial charge is 0.237 e. The lowest BCUT2D eigenvalue weighted by atomic mass is 10.1. The standard InChI is InChI=1S/C18H24N4O3S/c1-20(11-15-6-4-3-5-7-15)13-18(23)22-8-9-26(24,25)14-17(22)16-10-19-21(2)12-16/h3-7,10,12,17H,8-9,11,13-14H2,1-2H3/t17-/m0/s1. The molecule has 1 fully saturated rings. The summed E-state index contributed by atoms with van der Waals surface area (Å²) in [4.78, 5) is 16.5. The van der Waals surface area contributed by atoms with Gasteiger partial charge >= 0.3 is 0 Å². The Bertz CT molecular complexity index is 864. The van der Waals surface area contributed by atoms with Gasteiger partial charge in [-0.25, -0.2) is 8.42 Å². The fourth-order valence-electron chi connectivity index (χ4n) is 3.27. The van der Waals surface area contributed by atoms with E-state index in [9.17, 15) is 13.2 Å². The molecule has 2 aromatic rings. The number of aromatic nitrogens is 2. The van der Waals surface area contributed by atoms with Crippen LogP contribution >= 0.6 is 0 Å². The molecule has 0 aliphatic carbocycles. The first kappa shape index (κ1) is 18.6. The van der Waals surface area contributed by atoms with E-state index in [2.05, 4.69) is 5.10 Å². The first-order valence-corrected chi connectivity index (χ1v) is 10.4. The maximum atomic E-state index is 12.9. The molecule has 0 bridgehead atoms. The van der Waals surface area contributed by atoms with Crippen LogP contribution in [-0.4, -0.2) is 65.5 Å². The van der Waals surface area contributed by atoms with Crippen molar-refractivity contribution in [3.8, 4) is 0 Å². The summed E-state index contributed by atoms with van der Waals surface area (Å²) in [7, 11) is 0.513. The van der Waals surface area contributed by atoms with Gasteiger partial charge in [-0.3, -0.25) is 14.4 Å². The van der Waals surface area contributed by atoms with Gasteiger partial charge in [-0.1, -0.05) is 30.3 Å². The summed E-state index contributed by atoms with van der Waals surface area (Å²) in [5.41, 5.74) is 1.89. The largest absolute Gasteiger partial charge is 0.332 e. The van der Waals surface area contributed by atoms with Crippen molar-refractivity contribution < 1.29 is 13.2 Å². The van der Waals surface area contributed by atoms with Crippen LogP contribution < -0.4 is 0 Å². The number of hydrogen-bond donors (Lipinski definition) is 0. The number of hydrogen-bond acceptors (Lipinski definition) is 5. The topological polar surface area (TPSA) is 75.5 Å². The second-order valence-corrected chi connectivity index (χ2v) is 9.05. The minimum atomic E-state index is -3.16. The average molecular weight is 376 g/mol. The molecule has 1 aromatic carbocycles. The summed E-state index contributed by atoms with van der Waals surface area (Å²) in [5.74, 6) is -0.0998. The molecule has 2 heterocycles. The van der Waals surface area contributed by atoms with Gasteiger partial charge in [0.05, 0.1) is 30.3 Å². The van der Waals surface area contributed by atoms with Crippen LogP contribution in [0, 0.1) is 0 Å². The molecule has 1 amide bonds. The molecule has 1 saturated heterocycles. The first-order chi connectivity index (χ1) is 12.3. The third-order valence-corrected chi connectivity index (χ3v) is 6.19. The number of rotatable bonds is 5. The highest BCUT2D eigenvalue weighted by Gasteiger charge is 2.35. The van der Waals surface area contributed by atoms with Crippen LogP contribution in [0.1, 0.15) is 17.2 Å². The number of likely N-dealkylation sites (N-methyl/N-ethyl adjacent to an activating group) is 1. The van der Waals surface area contributed by atoms with E-state index in [1.807, 2.05) is 42.3 Å². The van der Waals surface area contributed by atoms with Crippen molar-refractivity contribution >= 4 is 15.7 Å². The molecule has 1 aromatic heterocycles. The van der Waals surface area contributed by atoms with E-state index in [1.165, 1.54) is 0 Å². The Morgan fingerprint density at radius 3 is 2.69 bits per heavy atom. The van der Waals surface area contributed by atoms with E-state index in [0.29, 0.717) is 6.54 Å². The van der Waals surface area contributed by atoms with Gasteiger partial charge in [0.1, 0.15) is 0 Å². The fraction of sp³-hybridized carbons (Fsp3) is 0.444. The molecule has 0 N–H and O–H groups in total. The molecule has 0 unspecified atom stereocenters. The molecule has 8 heteroatoms. The van der Waals surface area contributed by atoms with E-state index >= 15 is 0 Å².